The number of para-hydroxylation sites is 1. The fourth-order valence-electron chi connectivity index (χ4n) is 2.03. The molecule has 1 aromatic carbocycles. The number of nitrogens with one attached hydrogen (secondary N) is 1. The number of aromatic nitrogens is 2. The summed E-state index contributed by atoms with van der Waals surface area (Å²) in [6.07, 6.45) is 3.73. The predicted octanol–water partition coefficient (Wildman–Crippen LogP) is 3.79. The predicted molar refractivity (Wildman–Crippen MR) is 78.8 cm³/mol. The molecule has 3 aromatic rings. The molecule has 102 valence electrons. The maximum Gasteiger partial charge on any atom is 0.193 e. The molecule has 0 atom stereocenters. The number of furan rings is 1. The molecule has 0 spiro atoms. The van der Waals surface area contributed by atoms with Crippen molar-refractivity contribution >= 4 is 17.3 Å². The summed E-state index contributed by atoms with van der Waals surface area (Å²) in [4.78, 5) is 0. The van der Waals surface area contributed by atoms with Gasteiger partial charge >= 0.3 is 0 Å². The number of anilines is 1. The minimum Gasteiger partial charge on any atom is -0.448 e. The van der Waals surface area contributed by atoms with Crippen LogP contribution in [0.2, 0.25) is 5.22 Å². The van der Waals surface area contributed by atoms with Gasteiger partial charge in [0.25, 0.3) is 0 Å². The standard InChI is InChI=1S/C15H14ClN3O/c16-15-7-6-13(20-15)10-17-14-5-2-1-4-12(14)11-19-9-3-8-18-19/h1-9,17H,10-11H2. The van der Waals surface area contributed by atoms with Crippen molar-refractivity contribution in [1.29, 1.82) is 0 Å². The van der Waals surface area contributed by atoms with E-state index in [1.165, 1.54) is 5.56 Å². The normalized spacial score (nSPS) is 10.7. The third kappa shape index (κ3) is 3.03. The van der Waals surface area contributed by atoms with E-state index in [9.17, 15) is 0 Å². The minimum atomic E-state index is 0.409. The van der Waals surface area contributed by atoms with Crippen LogP contribution in [0, 0.1) is 0 Å². The number of hydrogen-bond donors (Lipinski definition) is 1. The quantitative estimate of drug-likeness (QED) is 0.776. The molecule has 0 unspecified atom stereocenters. The van der Waals surface area contributed by atoms with Crippen LogP contribution in [0.3, 0.4) is 0 Å². The largest absolute Gasteiger partial charge is 0.448 e. The molecule has 0 aliphatic rings. The SMILES string of the molecule is Clc1ccc(CNc2ccccc2Cn2cccn2)o1. The van der Waals surface area contributed by atoms with E-state index in [0.29, 0.717) is 11.8 Å². The van der Waals surface area contributed by atoms with Crippen LogP contribution in [0.4, 0.5) is 5.69 Å². The van der Waals surface area contributed by atoms with Crippen LogP contribution in [0.25, 0.3) is 0 Å². The second-order valence-corrected chi connectivity index (χ2v) is 4.79. The molecule has 20 heavy (non-hydrogen) atoms. The average Bonchev–Trinajstić information content (AvgIpc) is 3.10. The lowest BCUT2D eigenvalue weighted by Gasteiger charge is -2.11. The van der Waals surface area contributed by atoms with Gasteiger partial charge in [0.15, 0.2) is 5.22 Å². The molecule has 1 N–H and O–H groups in total. The first-order valence-electron chi connectivity index (χ1n) is 6.35. The Balaban J connectivity index is 1.72. The fraction of sp³-hybridized carbons (Fsp3) is 0.133. The van der Waals surface area contributed by atoms with Gasteiger partial charge in [0.2, 0.25) is 0 Å². The summed E-state index contributed by atoms with van der Waals surface area (Å²) in [5, 5.41) is 8.00. The van der Waals surface area contributed by atoms with Crippen molar-refractivity contribution in [2.24, 2.45) is 0 Å². The van der Waals surface area contributed by atoms with Gasteiger partial charge in [-0.2, -0.15) is 5.10 Å². The van der Waals surface area contributed by atoms with E-state index in [4.69, 9.17) is 16.0 Å². The first-order chi connectivity index (χ1) is 9.81. The highest BCUT2D eigenvalue weighted by molar-refractivity contribution is 6.28. The summed E-state index contributed by atoms with van der Waals surface area (Å²) >= 11 is 5.76. The minimum absolute atomic E-state index is 0.409. The summed E-state index contributed by atoms with van der Waals surface area (Å²) in [6.45, 7) is 1.33. The van der Waals surface area contributed by atoms with Crippen LogP contribution in [0.1, 0.15) is 11.3 Å². The van der Waals surface area contributed by atoms with E-state index in [1.54, 1.807) is 12.3 Å². The van der Waals surface area contributed by atoms with Crippen molar-refractivity contribution in [2.45, 2.75) is 13.1 Å². The number of nitrogens with zero attached hydrogens (tertiary/aromatic N) is 2. The lowest BCUT2D eigenvalue weighted by Crippen LogP contribution is -2.05. The molecule has 0 saturated heterocycles. The summed E-state index contributed by atoms with van der Waals surface area (Å²) in [7, 11) is 0. The molecule has 5 heteroatoms. The van der Waals surface area contributed by atoms with Gasteiger partial charge in [0.1, 0.15) is 5.76 Å². The van der Waals surface area contributed by atoms with E-state index < -0.39 is 0 Å². The number of hydrogen-bond acceptors (Lipinski definition) is 3. The van der Waals surface area contributed by atoms with Crippen LogP contribution in [-0.4, -0.2) is 9.78 Å². The fourth-order valence-corrected chi connectivity index (χ4v) is 2.19. The second-order valence-electron chi connectivity index (χ2n) is 4.42. The summed E-state index contributed by atoms with van der Waals surface area (Å²) in [5.41, 5.74) is 2.24. The van der Waals surface area contributed by atoms with Gasteiger partial charge in [-0.05, 0) is 41.4 Å². The summed E-state index contributed by atoms with van der Waals surface area (Å²) < 4.78 is 7.23. The molecule has 4 nitrogen and oxygen atoms in total. The van der Waals surface area contributed by atoms with E-state index in [2.05, 4.69) is 16.5 Å². The zero-order valence-electron chi connectivity index (χ0n) is 10.8. The third-order valence-corrected chi connectivity index (χ3v) is 3.19. The van der Waals surface area contributed by atoms with E-state index in [-0.39, 0.29) is 0 Å². The highest BCUT2D eigenvalue weighted by Gasteiger charge is 2.04. The Labute approximate surface area is 122 Å². The molecular formula is C15H14ClN3O. The third-order valence-electron chi connectivity index (χ3n) is 2.99. The molecule has 0 aliphatic carbocycles. The Bertz CT molecular complexity index is 676. The molecule has 0 radical (unpaired) electrons. The van der Waals surface area contributed by atoms with E-state index in [1.807, 2.05) is 41.2 Å². The van der Waals surface area contributed by atoms with Gasteiger partial charge in [-0.25, -0.2) is 0 Å². The van der Waals surface area contributed by atoms with Crippen LogP contribution >= 0.6 is 11.6 Å². The van der Waals surface area contributed by atoms with Gasteiger partial charge in [0, 0.05) is 18.1 Å². The Kier molecular flexibility index (Phi) is 3.74. The molecule has 3 rings (SSSR count). The molecule has 0 bridgehead atoms. The van der Waals surface area contributed by atoms with Crippen LogP contribution in [-0.2, 0) is 13.1 Å². The Morgan fingerprint density at radius 1 is 1.15 bits per heavy atom. The Morgan fingerprint density at radius 2 is 2.05 bits per heavy atom. The molecule has 0 aliphatic heterocycles. The van der Waals surface area contributed by atoms with Crippen LogP contribution in [0.15, 0.2) is 59.3 Å². The topological polar surface area (TPSA) is 43.0 Å². The monoisotopic (exact) mass is 287 g/mol. The first kappa shape index (κ1) is 12.8. The van der Waals surface area contributed by atoms with Crippen molar-refractivity contribution in [3.8, 4) is 0 Å². The lowest BCUT2D eigenvalue weighted by molar-refractivity contribution is 0.520. The van der Waals surface area contributed by atoms with Crippen molar-refractivity contribution < 1.29 is 4.42 Å². The number of rotatable bonds is 5. The molecule has 0 amide bonds. The maximum atomic E-state index is 5.76. The molecule has 2 aromatic heterocycles. The van der Waals surface area contributed by atoms with Gasteiger partial charge in [-0.15, -0.1) is 0 Å². The van der Waals surface area contributed by atoms with Crippen molar-refractivity contribution in [3.05, 3.63) is 71.4 Å². The van der Waals surface area contributed by atoms with Gasteiger partial charge in [-0.1, -0.05) is 18.2 Å². The Hall–Kier alpha value is -2.20. The highest BCUT2D eigenvalue weighted by Crippen LogP contribution is 2.19. The number of halogens is 1. The van der Waals surface area contributed by atoms with Gasteiger partial charge < -0.3 is 9.73 Å². The number of benzene rings is 1. The maximum absolute atomic E-state index is 5.76. The zero-order chi connectivity index (χ0) is 13.8. The second kappa shape index (κ2) is 5.84. The highest BCUT2D eigenvalue weighted by atomic mass is 35.5. The first-order valence-corrected chi connectivity index (χ1v) is 6.72. The zero-order valence-corrected chi connectivity index (χ0v) is 11.5. The summed E-state index contributed by atoms with van der Waals surface area (Å²) in [5.74, 6) is 0.809. The van der Waals surface area contributed by atoms with Crippen molar-refractivity contribution in [2.75, 3.05) is 5.32 Å². The van der Waals surface area contributed by atoms with Crippen LogP contribution < -0.4 is 5.32 Å². The van der Waals surface area contributed by atoms with Crippen LogP contribution in [0.5, 0.6) is 0 Å². The van der Waals surface area contributed by atoms with Crippen molar-refractivity contribution in [3.63, 3.8) is 0 Å². The van der Waals surface area contributed by atoms with Gasteiger partial charge in [0.05, 0.1) is 13.1 Å². The summed E-state index contributed by atoms with van der Waals surface area (Å²) in [6, 6.07) is 13.7. The van der Waals surface area contributed by atoms with Crippen molar-refractivity contribution in [1.82, 2.24) is 9.78 Å². The Morgan fingerprint density at radius 3 is 2.80 bits per heavy atom. The van der Waals surface area contributed by atoms with E-state index >= 15 is 0 Å². The average molecular weight is 288 g/mol. The molecule has 0 saturated carbocycles. The van der Waals surface area contributed by atoms with E-state index in [0.717, 1.165) is 18.0 Å². The smallest absolute Gasteiger partial charge is 0.193 e. The molecular weight excluding hydrogens is 274 g/mol. The molecule has 2 heterocycles. The molecule has 0 fully saturated rings. The van der Waals surface area contributed by atoms with Gasteiger partial charge in [-0.3, -0.25) is 4.68 Å². The lowest BCUT2D eigenvalue weighted by atomic mass is 10.1.